The third-order valence-electron chi connectivity index (χ3n) is 5.96. The van der Waals surface area contributed by atoms with Gasteiger partial charge < -0.3 is 9.30 Å². The minimum Gasteiger partial charge on any atom is -0.464 e. The Kier molecular flexibility index (Phi) is 10.2. The maximum absolute atomic E-state index is 13.3. The Balaban J connectivity index is 1.76. The molecule has 3 aromatic carbocycles. The maximum Gasteiger partial charge on any atom is 0.331 e. The highest BCUT2D eigenvalue weighted by Crippen LogP contribution is 2.25. The molecule has 0 aliphatic rings. The zero-order valence-electron chi connectivity index (χ0n) is 21.7. The van der Waals surface area contributed by atoms with Crippen molar-refractivity contribution in [2.45, 2.75) is 44.4 Å². The fraction of sp³-hybridized carbons (Fsp3) is 0.258. The number of carbonyl (C=O) groups is 1. The third kappa shape index (κ3) is 7.15. The van der Waals surface area contributed by atoms with Gasteiger partial charge in [0.25, 0.3) is 0 Å². The number of hydrogen-bond donors (Lipinski definition) is 0. The van der Waals surface area contributed by atoms with Gasteiger partial charge in [0.05, 0.1) is 18.9 Å². The topological polar surface area (TPSA) is 56.5 Å². The molecular formula is C31H32ClN3O2S. The number of thioether (sulfide) groups is 1. The number of rotatable bonds is 12. The number of benzene rings is 3. The van der Waals surface area contributed by atoms with Crippen LogP contribution in [0.2, 0.25) is 5.02 Å². The molecule has 5 nitrogen and oxygen atoms in total. The Morgan fingerprint density at radius 3 is 2.21 bits per heavy atom. The minimum absolute atomic E-state index is 0.285. The lowest BCUT2D eigenvalue weighted by Gasteiger charge is -2.17. The SMILES string of the molecule is CCCSc1ncc(C[C@H](N=C(c2ccccc2)c2ccccc2)C(=O)OCC)n1Cc1ccccc1Cl. The predicted octanol–water partition coefficient (Wildman–Crippen LogP) is 7.10. The average molecular weight is 546 g/mol. The summed E-state index contributed by atoms with van der Waals surface area (Å²) in [5.74, 6) is 0.593. The van der Waals surface area contributed by atoms with Gasteiger partial charge in [-0.05, 0) is 25.0 Å². The van der Waals surface area contributed by atoms with Crippen molar-refractivity contribution < 1.29 is 9.53 Å². The summed E-state index contributed by atoms with van der Waals surface area (Å²) in [4.78, 5) is 23.0. The largest absolute Gasteiger partial charge is 0.464 e. The van der Waals surface area contributed by atoms with E-state index in [4.69, 9.17) is 26.3 Å². The van der Waals surface area contributed by atoms with Crippen LogP contribution in [0.3, 0.4) is 0 Å². The van der Waals surface area contributed by atoms with Crippen LogP contribution in [0.5, 0.6) is 0 Å². The number of imidazole rings is 1. The Morgan fingerprint density at radius 2 is 1.61 bits per heavy atom. The van der Waals surface area contributed by atoms with E-state index in [0.29, 0.717) is 18.0 Å². The van der Waals surface area contributed by atoms with Crippen LogP contribution in [-0.4, -0.2) is 39.6 Å². The van der Waals surface area contributed by atoms with Crippen molar-refractivity contribution in [1.29, 1.82) is 0 Å². The molecule has 0 unspecified atom stereocenters. The van der Waals surface area contributed by atoms with Crippen molar-refractivity contribution in [3.05, 3.63) is 119 Å². The number of aliphatic imine (C=N–C) groups is 1. The van der Waals surface area contributed by atoms with Gasteiger partial charge in [-0.2, -0.15) is 0 Å². The van der Waals surface area contributed by atoms with Crippen molar-refractivity contribution in [2.24, 2.45) is 4.99 Å². The van der Waals surface area contributed by atoms with Crippen molar-refractivity contribution in [3.63, 3.8) is 0 Å². The summed E-state index contributed by atoms with van der Waals surface area (Å²) in [5.41, 5.74) is 4.54. The van der Waals surface area contributed by atoms with Crippen LogP contribution in [0, 0.1) is 0 Å². The van der Waals surface area contributed by atoms with Crippen molar-refractivity contribution in [3.8, 4) is 0 Å². The van der Waals surface area contributed by atoms with Gasteiger partial charge in [0.2, 0.25) is 0 Å². The molecule has 1 atom stereocenters. The molecule has 0 aliphatic heterocycles. The first-order valence-corrected chi connectivity index (χ1v) is 14.2. The highest BCUT2D eigenvalue weighted by molar-refractivity contribution is 7.99. The molecule has 0 fully saturated rings. The molecule has 4 rings (SSSR count). The summed E-state index contributed by atoms with van der Waals surface area (Å²) in [6.45, 7) is 4.81. The van der Waals surface area contributed by atoms with E-state index < -0.39 is 6.04 Å². The van der Waals surface area contributed by atoms with E-state index in [2.05, 4.69) is 11.5 Å². The average Bonchev–Trinajstić information content (AvgIpc) is 3.32. The molecule has 38 heavy (non-hydrogen) atoms. The number of nitrogens with zero attached hydrogens (tertiary/aromatic N) is 3. The second-order valence-corrected chi connectivity index (χ2v) is 10.2. The number of carbonyl (C=O) groups excluding carboxylic acids is 1. The van der Waals surface area contributed by atoms with Crippen LogP contribution in [0.25, 0.3) is 0 Å². The molecule has 196 valence electrons. The molecule has 0 saturated carbocycles. The monoisotopic (exact) mass is 545 g/mol. The van der Waals surface area contributed by atoms with E-state index in [9.17, 15) is 4.79 Å². The van der Waals surface area contributed by atoms with E-state index in [1.54, 1.807) is 11.8 Å². The summed E-state index contributed by atoms with van der Waals surface area (Å²) in [7, 11) is 0. The highest BCUT2D eigenvalue weighted by atomic mass is 35.5. The van der Waals surface area contributed by atoms with Crippen LogP contribution in [0.4, 0.5) is 0 Å². The standard InChI is InChI=1S/C31H32ClN3O2S/c1-3-19-38-31-33-21-26(35(31)22-25-17-11-12-18-27(25)32)20-28(30(36)37-4-2)34-29(23-13-7-5-8-14-23)24-15-9-6-10-16-24/h5-18,21,28H,3-4,19-20,22H2,1-2H3/t28-/m0/s1. The lowest BCUT2D eigenvalue weighted by molar-refractivity contribution is -0.144. The number of hydrogen-bond acceptors (Lipinski definition) is 5. The lowest BCUT2D eigenvalue weighted by atomic mass is 10.0. The van der Waals surface area contributed by atoms with Gasteiger partial charge in [0.1, 0.15) is 0 Å². The normalized spacial score (nSPS) is 11.7. The Hall–Kier alpha value is -3.35. The Labute approximate surface area is 233 Å². The Bertz CT molecular complexity index is 1310. The molecule has 0 radical (unpaired) electrons. The molecule has 0 aliphatic carbocycles. The molecule has 0 amide bonds. The van der Waals surface area contributed by atoms with E-state index >= 15 is 0 Å². The molecule has 4 aromatic rings. The second-order valence-electron chi connectivity index (χ2n) is 8.74. The smallest absolute Gasteiger partial charge is 0.331 e. The molecule has 0 N–H and O–H groups in total. The maximum atomic E-state index is 13.3. The van der Waals surface area contributed by atoms with E-state index in [0.717, 1.165) is 45.4 Å². The highest BCUT2D eigenvalue weighted by Gasteiger charge is 2.24. The van der Waals surface area contributed by atoms with Gasteiger partial charge in [-0.1, -0.05) is 109 Å². The van der Waals surface area contributed by atoms with Gasteiger partial charge in [0.15, 0.2) is 11.2 Å². The van der Waals surface area contributed by atoms with Crippen LogP contribution >= 0.6 is 23.4 Å². The summed E-state index contributed by atoms with van der Waals surface area (Å²) in [5, 5.41) is 1.61. The van der Waals surface area contributed by atoms with Gasteiger partial charge in [-0.3, -0.25) is 4.99 Å². The van der Waals surface area contributed by atoms with Gasteiger partial charge in [-0.25, -0.2) is 9.78 Å². The molecular weight excluding hydrogens is 514 g/mol. The molecule has 0 saturated heterocycles. The van der Waals surface area contributed by atoms with Crippen molar-refractivity contribution >= 4 is 35.0 Å². The number of esters is 1. The van der Waals surface area contributed by atoms with Gasteiger partial charge >= 0.3 is 5.97 Å². The van der Waals surface area contributed by atoms with Crippen molar-refractivity contribution in [1.82, 2.24) is 9.55 Å². The quantitative estimate of drug-likeness (QED) is 0.108. The van der Waals surface area contributed by atoms with E-state index in [1.807, 2.05) is 98.0 Å². The molecule has 1 heterocycles. The minimum atomic E-state index is -0.740. The second kappa shape index (κ2) is 14.0. The van der Waals surface area contributed by atoms with E-state index in [-0.39, 0.29) is 12.6 Å². The first kappa shape index (κ1) is 27.7. The number of ether oxygens (including phenoxy) is 1. The number of halogens is 1. The van der Waals surface area contributed by atoms with E-state index in [1.165, 1.54) is 0 Å². The van der Waals surface area contributed by atoms with Gasteiger partial charge in [-0.15, -0.1) is 0 Å². The molecule has 0 bridgehead atoms. The number of aromatic nitrogens is 2. The predicted molar refractivity (Wildman–Crippen MR) is 156 cm³/mol. The summed E-state index contributed by atoms with van der Waals surface area (Å²) in [6.07, 6.45) is 3.24. The summed E-state index contributed by atoms with van der Waals surface area (Å²) < 4.78 is 7.64. The van der Waals surface area contributed by atoms with Crippen molar-refractivity contribution in [2.75, 3.05) is 12.4 Å². The first-order chi connectivity index (χ1) is 18.6. The fourth-order valence-electron chi connectivity index (χ4n) is 4.11. The molecule has 0 spiro atoms. The van der Waals surface area contributed by atoms with Crippen LogP contribution in [0.15, 0.2) is 101 Å². The third-order valence-corrected chi connectivity index (χ3v) is 7.53. The fourth-order valence-corrected chi connectivity index (χ4v) is 5.16. The summed E-state index contributed by atoms with van der Waals surface area (Å²) >= 11 is 8.22. The summed E-state index contributed by atoms with van der Waals surface area (Å²) in [6, 6.07) is 27.0. The first-order valence-electron chi connectivity index (χ1n) is 12.9. The zero-order chi connectivity index (χ0) is 26.7. The molecule has 1 aromatic heterocycles. The van der Waals surface area contributed by atoms with Crippen LogP contribution in [-0.2, 0) is 22.5 Å². The zero-order valence-corrected chi connectivity index (χ0v) is 23.3. The Morgan fingerprint density at radius 1 is 0.974 bits per heavy atom. The van der Waals surface area contributed by atoms with Crippen LogP contribution in [0.1, 0.15) is 42.7 Å². The lowest BCUT2D eigenvalue weighted by Crippen LogP contribution is -2.27. The molecule has 7 heteroatoms. The van der Waals surface area contributed by atoms with Gasteiger partial charge in [0, 0.05) is 40.2 Å². The van der Waals surface area contributed by atoms with Crippen LogP contribution < -0.4 is 0 Å².